The third kappa shape index (κ3) is 3.21. The van der Waals surface area contributed by atoms with Crippen molar-refractivity contribution in [3.8, 4) is 17.1 Å². The van der Waals surface area contributed by atoms with Crippen LogP contribution in [0.2, 0.25) is 0 Å². The fourth-order valence-corrected chi connectivity index (χ4v) is 4.27. The molecule has 0 spiro atoms. The lowest BCUT2D eigenvalue weighted by Crippen LogP contribution is -2.39. The molecule has 0 aliphatic carbocycles. The molecule has 33 heavy (non-hydrogen) atoms. The van der Waals surface area contributed by atoms with Crippen molar-refractivity contribution in [1.82, 2.24) is 24.6 Å². The van der Waals surface area contributed by atoms with Gasteiger partial charge in [-0.1, -0.05) is 18.7 Å². The molecule has 166 valence electrons. The van der Waals surface area contributed by atoms with Crippen molar-refractivity contribution < 1.29 is 14.7 Å². The summed E-state index contributed by atoms with van der Waals surface area (Å²) >= 11 is 0. The molecular weight excluding hydrogens is 420 g/mol. The predicted octanol–water partition coefficient (Wildman–Crippen LogP) is 2.12. The highest BCUT2D eigenvalue weighted by Gasteiger charge is 2.46. The first kappa shape index (κ1) is 20.7. The number of aliphatic hydroxyl groups is 1. The topological polar surface area (TPSA) is 130 Å². The van der Waals surface area contributed by atoms with Crippen molar-refractivity contribution in [3.05, 3.63) is 72.7 Å². The van der Waals surface area contributed by atoms with Crippen LogP contribution in [0.3, 0.4) is 0 Å². The average Bonchev–Trinajstić information content (AvgIpc) is 3.54. The van der Waals surface area contributed by atoms with E-state index in [1.807, 2.05) is 24.3 Å². The average molecular weight is 442 g/mol. The first-order chi connectivity index (χ1) is 15.8. The van der Waals surface area contributed by atoms with E-state index in [4.69, 9.17) is 5.73 Å². The second-order valence-electron chi connectivity index (χ2n) is 8.16. The molecule has 2 aromatic heterocycles. The van der Waals surface area contributed by atoms with Crippen LogP contribution >= 0.6 is 0 Å². The van der Waals surface area contributed by atoms with E-state index in [2.05, 4.69) is 21.6 Å². The number of carbonyl (C=O) groups is 2. The largest absolute Gasteiger partial charge is 0.375 e. The van der Waals surface area contributed by atoms with Gasteiger partial charge in [0, 0.05) is 43.4 Å². The lowest BCUT2D eigenvalue weighted by Gasteiger charge is -2.24. The van der Waals surface area contributed by atoms with E-state index in [-0.39, 0.29) is 18.0 Å². The number of aromatic amines is 1. The number of aromatic nitrogens is 4. The molecule has 1 aliphatic heterocycles. The van der Waals surface area contributed by atoms with Gasteiger partial charge in [-0.2, -0.15) is 5.10 Å². The summed E-state index contributed by atoms with van der Waals surface area (Å²) in [6, 6.07) is 12.7. The Kier molecular flexibility index (Phi) is 4.64. The predicted molar refractivity (Wildman–Crippen MR) is 123 cm³/mol. The third-order valence-corrected chi connectivity index (χ3v) is 6.13. The van der Waals surface area contributed by atoms with Gasteiger partial charge in [-0.15, -0.1) is 0 Å². The molecule has 1 fully saturated rings. The summed E-state index contributed by atoms with van der Waals surface area (Å²) in [6.45, 7) is 4.48. The monoisotopic (exact) mass is 442 g/mol. The standard InChI is InChI=1S/C24H22N6O3/c1-14(24(33)8-11-29(2)23(24)32)15-4-3-5-17(12-15)30-19-7-6-16(22-26-9-10-27-22)13-18(19)20(28-30)21(25)31/h3-7,9-10,12-13,33H,1,8,11H2,2H3,(H2,25,31)(H,26,27)/t24-/m1/s1. The number of H-pyrrole nitrogens is 1. The van der Waals surface area contributed by atoms with Crippen LogP contribution in [-0.2, 0) is 4.79 Å². The number of amides is 2. The number of nitrogens with zero attached hydrogens (tertiary/aromatic N) is 4. The van der Waals surface area contributed by atoms with Crippen molar-refractivity contribution in [1.29, 1.82) is 0 Å². The van der Waals surface area contributed by atoms with Gasteiger partial charge in [0.2, 0.25) is 0 Å². The molecule has 9 heteroatoms. The van der Waals surface area contributed by atoms with Gasteiger partial charge in [-0.05, 0) is 41.5 Å². The minimum Gasteiger partial charge on any atom is -0.375 e. The summed E-state index contributed by atoms with van der Waals surface area (Å²) in [5.41, 5.74) is 7.15. The Balaban J connectivity index is 1.61. The molecule has 1 aliphatic rings. The van der Waals surface area contributed by atoms with Crippen LogP contribution in [0, 0.1) is 0 Å². The maximum absolute atomic E-state index is 12.5. The number of likely N-dealkylation sites (tertiary alicyclic amines) is 1. The normalized spacial score (nSPS) is 18.2. The van der Waals surface area contributed by atoms with Gasteiger partial charge < -0.3 is 20.7 Å². The highest BCUT2D eigenvalue weighted by atomic mass is 16.3. The number of fused-ring (bicyclic) bond motifs is 1. The van der Waals surface area contributed by atoms with Crippen LogP contribution in [0.1, 0.15) is 22.5 Å². The second kappa shape index (κ2) is 7.42. The number of rotatable bonds is 5. The van der Waals surface area contributed by atoms with E-state index in [9.17, 15) is 14.7 Å². The highest BCUT2D eigenvalue weighted by Crippen LogP contribution is 2.35. The minimum atomic E-state index is -1.64. The molecule has 4 aromatic rings. The van der Waals surface area contributed by atoms with Crippen LogP contribution in [0.25, 0.3) is 33.6 Å². The Morgan fingerprint density at radius 2 is 2.09 bits per heavy atom. The maximum Gasteiger partial charge on any atom is 0.269 e. The number of hydrogen-bond donors (Lipinski definition) is 3. The maximum atomic E-state index is 12.5. The van der Waals surface area contributed by atoms with Crippen molar-refractivity contribution in [2.75, 3.05) is 13.6 Å². The summed E-state index contributed by atoms with van der Waals surface area (Å²) < 4.78 is 1.62. The summed E-state index contributed by atoms with van der Waals surface area (Å²) in [7, 11) is 1.65. The Morgan fingerprint density at radius 3 is 2.76 bits per heavy atom. The van der Waals surface area contributed by atoms with Gasteiger partial charge in [0.1, 0.15) is 5.82 Å². The smallest absolute Gasteiger partial charge is 0.269 e. The van der Waals surface area contributed by atoms with Gasteiger partial charge in [0.15, 0.2) is 11.3 Å². The molecule has 5 rings (SSSR count). The van der Waals surface area contributed by atoms with Crippen LogP contribution < -0.4 is 5.73 Å². The molecular formula is C24H22N6O3. The number of nitrogens with one attached hydrogen (secondary N) is 1. The van der Waals surface area contributed by atoms with Crippen molar-refractivity contribution in [2.24, 2.45) is 5.73 Å². The first-order valence-corrected chi connectivity index (χ1v) is 10.4. The number of nitrogens with two attached hydrogens (primary N) is 1. The van der Waals surface area contributed by atoms with E-state index < -0.39 is 11.5 Å². The molecule has 1 saturated heterocycles. The number of hydrogen-bond acceptors (Lipinski definition) is 5. The van der Waals surface area contributed by atoms with Gasteiger partial charge in [0.25, 0.3) is 11.8 Å². The molecule has 2 aromatic carbocycles. The minimum absolute atomic E-state index is 0.133. The molecule has 3 heterocycles. The third-order valence-electron chi connectivity index (χ3n) is 6.13. The fraction of sp³-hybridized carbons (Fsp3) is 0.167. The Labute approximate surface area is 189 Å². The fourth-order valence-electron chi connectivity index (χ4n) is 4.27. The number of benzene rings is 2. The van der Waals surface area contributed by atoms with Gasteiger partial charge in [0.05, 0.1) is 11.2 Å². The SMILES string of the molecule is C=C(c1cccc(-n2nc(C(N)=O)c3cc(-c4ncc[nH]4)ccc32)c1)[C@]1(O)CCN(C)C1=O. The summed E-state index contributed by atoms with van der Waals surface area (Å²) in [4.78, 5) is 33.5. The summed E-state index contributed by atoms with van der Waals surface area (Å²) in [5.74, 6) is -0.355. The summed E-state index contributed by atoms with van der Waals surface area (Å²) in [6.07, 6.45) is 3.64. The Hall–Kier alpha value is -4.24. The van der Waals surface area contributed by atoms with E-state index in [0.717, 1.165) is 5.56 Å². The zero-order valence-electron chi connectivity index (χ0n) is 17.9. The van der Waals surface area contributed by atoms with Crippen molar-refractivity contribution in [2.45, 2.75) is 12.0 Å². The van der Waals surface area contributed by atoms with Crippen LogP contribution in [0.5, 0.6) is 0 Å². The Morgan fingerprint density at radius 1 is 1.27 bits per heavy atom. The quantitative estimate of drug-likeness (QED) is 0.436. The number of likely N-dealkylation sites (N-methyl/N-ethyl adjacent to an activating group) is 1. The van der Waals surface area contributed by atoms with E-state index in [0.29, 0.717) is 40.1 Å². The molecule has 1 atom stereocenters. The zero-order valence-corrected chi connectivity index (χ0v) is 17.9. The van der Waals surface area contributed by atoms with Gasteiger partial charge in [-0.3, -0.25) is 9.59 Å². The Bertz CT molecular complexity index is 1420. The lowest BCUT2D eigenvalue weighted by atomic mass is 9.88. The van der Waals surface area contributed by atoms with Crippen LogP contribution in [0.15, 0.2) is 61.4 Å². The van der Waals surface area contributed by atoms with Crippen LogP contribution in [-0.4, -0.2) is 60.8 Å². The van der Waals surface area contributed by atoms with Crippen molar-refractivity contribution in [3.63, 3.8) is 0 Å². The second-order valence-corrected chi connectivity index (χ2v) is 8.16. The molecule has 0 bridgehead atoms. The van der Waals surface area contributed by atoms with Gasteiger partial charge in [-0.25, -0.2) is 9.67 Å². The van der Waals surface area contributed by atoms with Gasteiger partial charge >= 0.3 is 0 Å². The number of imidazole rings is 1. The van der Waals surface area contributed by atoms with E-state index >= 15 is 0 Å². The molecule has 2 amide bonds. The lowest BCUT2D eigenvalue weighted by molar-refractivity contribution is -0.137. The number of primary amides is 1. The van der Waals surface area contributed by atoms with Crippen molar-refractivity contribution >= 4 is 28.3 Å². The zero-order chi connectivity index (χ0) is 23.3. The van der Waals surface area contributed by atoms with Crippen LogP contribution in [0.4, 0.5) is 0 Å². The molecule has 0 radical (unpaired) electrons. The molecule has 0 saturated carbocycles. The molecule has 0 unspecified atom stereocenters. The first-order valence-electron chi connectivity index (χ1n) is 10.4. The number of carbonyl (C=O) groups excluding carboxylic acids is 2. The van der Waals surface area contributed by atoms with E-state index in [1.165, 1.54) is 4.90 Å². The van der Waals surface area contributed by atoms with E-state index in [1.54, 1.807) is 42.3 Å². The molecule has 9 nitrogen and oxygen atoms in total. The molecule has 4 N–H and O–H groups in total. The highest BCUT2D eigenvalue weighted by molar-refractivity contribution is 6.05. The summed E-state index contributed by atoms with van der Waals surface area (Å²) in [5, 5.41) is 16.1.